The maximum atomic E-state index is 12.3. The van der Waals surface area contributed by atoms with Crippen molar-refractivity contribution in [1.82, 2.24) is 4.72 Å². The first kappa shape index (κ1) is 15.0. The number of rotatable bonds is 5. The Bertz CT molecular complexity index is 706. The Balaban J connectivity index is 2.14. The summed E-state index contributed by atoms with van der Waals surface area (Å²) in [4.78, 5) is 2.54. The van der Waals surface area contributed by atoms with Gasteiger partial charge in [0.25, 0.3) is 0 Å². The second kappa shape index (κ2) is 5.95. The normalized spacial score (nSPS) is 11.7. The van der Waals surface area contributed by atoms with E-state index >= 15 is 0 Å². The van der Waals surface area contributed by atoms with E-state index in [1.807, 2.05) is 12.1 Å². The number of hydrogen-bond acceptors (Lipinski definition) is 4. The lowest BCUT2D eigenvalue weighted by molar-refractivity contribution is 0.581. The van der Waals surface area contributed by atoms with Crippen molar-refractivity contribution in [3.8, 4) is 0 Å². The SMILES string of the molecule is CCc1ccc(CNS(=O)(=O)c2ccc(N)cc2C)s1. The summed E-state index contributed by atoms with van der Waals surface area (Å²) < 4.78 is 27.2. The van der Waals surface area contributed by atoms with E-state index < -0.39 is 10.0 Å². The molecule has 0 unspecified atom stereocenters. The van der Waals surface area contributed by atoms with Gasteiger partial charge in [-0.2, -0.15) is 0 Å². The van der Waals surface area contributed by atoms with Crippen molar-refractivity contribution >= 4 is 27.0 Å². The molecule has 1 aromatic carbocycles. The van der Waals surface area contributed by atoms with Gasteiger partial charge in [0.1, 0.15) is 0 Å². The lowest BCUT2D eigenvalue weighted by Gasteiger charge is -2.09. The van der Waals surface area contributed by atoms with Crippen LogP contribution in [0.25, 0.3) is 0 Å². The van der Waals surface area contributed by atoms with E-state index in [0.29, 0.717) is 17.8 Å². The second-order valence-corrected chi connectivity index (χ2v) is 7.56. The molecule has 0 bridgehead atoms. The summed E-state index contributed by atoms with van der Waals surface area (Å²) in [5, 5.41) is 0. The van der Waals surface area contributed by atoms with Gasteiger partial charge in [-0.3, -0.25) is 0 Å². The molecule has 0 saturated carbocycles. The molecule has 1 aromatic heterocycles. The third kappa shape index (κ3) is 3.39. The van der Waals surface area contributed by atoms with Crippen molar-refractivity contribution in [2.75, 3.05) is 5.73 Å². The largest absolute Gasteiger partial charge is 0.399 e. The minimum Gasteiger partial charge on any atom is -0.399 e. The molecule has 3 N–H and O–H groups in total. The molecule has 2 rings (SSSR count). The van der Waals surface area contributed by atoms with E-state index in [0.717, 1.165) is 11.3 Å². The molecule has 4 nitrogen and oxygen atoms in total. The zero-order chi connectivity index (χ0) is 14.8. The highest BCUT2D eigenvalue weighted by atomic mass is 32.2. The Morgan fingerprint density at radius 1 is 1.20 bits per heavy atom. The number of anilines is 1. The van der Waals surface area contributed by atoms with Crippen molar-refractivity contribution in [3.05, 3.63) is 45.6 Å². The van der Waals surface area contributed by atoms with Gasteiger partial charge in [-0.1, -0.05) is 6.92 Å². The number of hydrogen-bond donors (Lipinski definition) is 2. The number of benzene rings is 1. The van der Waals surface area contributed by atoms with Crippen molar-refractivity contribution in [1.29, 1.82) is 0 Å². The van der Waals surface area contributed by atoms with Gasteiger partial charge in [-0.05, 0) is 49.2 Å². The molecule has 0 amide bonds. The fourth-order valence-corrected chi connectivity index (χ4v) is 4.15. The third-order valence-electron chi connectivity index (χ3n) is 2.99. The Hall–Kier alpha value is -1.37. The van der Waals surface area contributed by atoms with Gasteiger partial charge in [0.2, 0.25) is 10.0 Å². The second-order valence-electron chi connectivity index (χ2n) is 4.57. The number of thiophene rings is 1. The molecule has 0 aliphatic carbocycles. The van der Waals surface area contributed by atoms with E-state index in [4.69, 9.17) is 5.73 Å². The number of sulfonamides is 1. The van der Waals surface area contributed by atoms with Gasteiger partial charge in [0.15, 0.2) is 0 Å². The maximum Gasteiger partial charge on any atom is 0.241 e. The van der Waals surface area contributed by atoms with Crippen LogP contribution in [0.3, 0.4) is 0 Å². The van der Waals surface area contributed by atoms with Crippen LogP contribution in [-0.2, 0) is 23.0 Å². The van der Waals surface area contributed by atoms with Crippen LogP contribution >= 0.6 is 11.3 Å². The Morgan fingerprint density at radius 3 is 2.50 bits per heavy atom. The molecule has 0 spiro atoms. The maximum absolute atomic E-state index is 12.3. The smallest absolute Gasteiger partial charge is 0.241 e. The van der Waals surface area contributed by atoms with E-state index in [1.165, 1.54) is 4.88 Å². The van der Waals surface area contributed by atoms with E-state index in [-0.39, 0.29) is 4.90 Å². The molecular weight excluding hydrogens is 292 g/mol. The monoisotopic (exact) mass is 310 g/mol. The van der Waals surface area contributed by atoms with Gasteiger partial charge in [0.05, 0.1) is 4.90 Å². The van der Waals surface area contributed by atoms with Gasteiger partial charge in [0, 0.05) is 22.0 Å². The fourth-order valence-electron chi connectivity index (χ4n) is 1.93. The fraction of sp³-hybridized carbons (Fsp3) is 0.286. The first-order chi connectivity index (χ1) is 9.42. The average molecular weight is 310 g/mol. The highest BCUT2D eigenvalue weighted by Crippen LogP contribution is 2.20. The van der Waals surface area contributed by atoms with E-state index in [9.17, 15) is 8.42 Å². The molecular formula is C14H18N2O2S2. The molecule has 0 fully saturated rings. The summed E-state index contributed by atoms with van der Waals surface area (Å²) in [5.74, 6) is 0. The highest BCUT2D eigenvalue weighted by molar-refractivity contribution is 7.89. The third-order valence-corrected chi connectivity index (χ3v) is 5.78. The number of nitrogens with one attached hydrogen (secondary N) is 1. The first-order valence-corrected chi connectivity index (χ1v) is 8.65. The van der Waals surface area contributed by atoms with Gasteiger partial charge >= 0.3 is 0 Å². The minimum absolute atomic E-state index is 0.277. The van der Waals surface area contributed by atoms with Crippen LogP contribution in [0, 0.1) is 6.92 Å². The Labute approximate surface area is 123 Å². The summed E-state index contributed by atoms with van der Waals surface area (Å²) in [6.07, 6.45) is 0.967. The van der Waals surface area contributed by atoms with Gasteiger partial charge < -0.3 is 5.73 Å². The number of nitrogen functional groups attached to an aromatic ring is 1. The quantitative estimate of drug-likeness (QED) is 0.834. The molecule has 108 valence electrons. The Morgan fingerprint density at radius 2 is 1.90 bits per heavy atom. The van der Waals surface area contributed by atoms with E-state index in [2.05, 4.69) is 11.6 Å². The van der Waals surface area contributed by atoms with Gasteiger partial charge in [-0.15, -0.1) is 11.3 Å². The zero-order valence-corrected chi connectivity index (χ0v) is 13.1. The van der Waals surface area contributed by atoms with Crippen molar-refractivity contribution in [2.45, 2.75) is 31.7 Å². The molecule has 0 radical (unpaired) electrons. The number of aryl methyl sites for hydroxylation is 2. The predicted molar refractivity (Wildman–Crippen MR) is 83.3 cm³/mol. The highest BCUT2D eigenvalue weighted by Gasteiger charge is 2.16. The molecule has 2 aromatic rings. The summed E-state index contributed by atoms with van der Waals surface area (Å²) >= 11 is 1.63. The predicted octanol–water partition coefficient (Wildman–Crippen LogP) is 2.68. The van der Waals surface area contributed by atoms with Crippen LogP contribution in [0.4, 0.5) is 5.69 Å². The molecule has 20 heavy (non-hydrogen) atoms. The zero-order valence-electron chi connectivity index (χ0n) is 11.5. The van der Waals surface area contributed by atoms with Crippen molar-refractivity contribution in [2.24, 2.45) is 0 Å². The van der Waals surface area contributed by atoms with Crippen LogP contribution < -0.4 is 10.5 Å². The first-order valence-electron chi connectivity index (χ1n) is 6.35. The van der Waals surface area contributed by atoms with Crippen molar-refractivity contribution in [3.63, 3.8) is 0 Å². The average Bonchev–Trinajstić information content (AvgIpc) is 2.84. The number of nitrogens with two attached hydrogens (primary N) is 1. The van der Waals surface area contributed by atoms with Gasteiger partial charge in [-0.25, -0.2) is 13.1 Å². The summed E-state index contributed by atoms with van der Waals surface area (Å²) in [6.45, 7) is 4.14. The summed E-state index contributed by atoms with van der Waals surface area (Å²) in [7, 11) is -3.50. The lowest BCUT2D eigenvalue weighted by Crippen LogP contribution is -2.23. The lowest BCUT2D eigenvalue weighted by atomic mass is 10.2. The topological polar surface area (TPSA) is 72.2 Å². The Kier molecular flexibility index (Phi) is 4.47. The molecule has 0 saturated heterocycles. The van der Waals surface area contributed by atoms with E-state index in [1.54, 1.807) is 36.5 Å². The van der Waals surface area contributed by atoms with Crippen LogP contribution in [0.2, 0.25) is 0 Å². The van der Waals surface area contributed by atoms with Crippen molar-refractivity contribution < 1.29 is 8.42 Å². The molecule has 0 aliphatic heterocycles. The van der Waals surface area contributed by atoms with Crippen LogP contribution in [0.5, 0.6) is 0 Å². The molecule has 1 heterocycles. The molecule has 0 aliphatic rings. The minimum atomic E-state index is -3.50. The van der Waals surface area contributed by atoms with Crippen LogP contribution in [-0.4, -0.2) is 8.42 Å². The molecule has 6 heteroatoms. The molecule has 0 atom stereocenters. The standard InChI is InChI=1S/C14H18N2O2S2/c1-3-12-5-6-13(19-12)9-16-20(17,18)14-7-4-11(15)8-10(14)2/h4-8,16H,3,9,15H2,1-2H3. The van der Waals surface area contributed by atoms with Crippen LogP contribution in [0.1, 0.15) is 22.2 Å². The van der Waals surface area contributed by atoms with Crippen LogP contribution in [0.15, 0.2) is 35.2 Å². The summed E-state index contributed by atoms with van der Waals surface area (Å²) in [6, 6.07) is 8.79. The summed E-state index contributed by atoms with van der Waals surface area (Å²) in [5.41, 5.74) is 6.85.